The number of nitrogens with zero attached hydrogens (tertiary/aromatic N) is 3. The van der Waals surface area contributed by atoms with Gasteiger partial charge in [-0.3, -0.25) is 14.4 Å². The number of carbonyl (C=O) groups excluding carboxylic acids is 6. The molecule has 0 atom stereocenters. The summed E-state index contributed by atoms with van der Waals surface area (Å²) in [5, 5.41) is 0. The van der Waals surface area contributed by atoms with E-state index in [1.807, 2.05) is 104 Å². The molecule has 0 saturated heterocycles. The zero-order valence-corrected chi connectivity index (χ0v) is 53.6. The van der Waals surface area contributed by atoms with Gasteiger partial charge in [-0.05, 0) is 196 Å². The third-order valence-electron chi connectivity index (χ3n) is 14.6. The summed E-state index contributed by atoms with van der Waals surface area (Å²) in [4.78, 5) is 83.0. The number of ketones is 2. The first-order chi connectivity index (χ1) is 39.5. The van der Waals surface area contributed by atoms with Crippen molar-refractivity contribution in [3.63, 3.8) is 0 Å². The van der Waals surface area contributed by atoms with E-state index in [9.17, 15) is 28.8 Å². The lowest BCUT2D eigenvalue weighted by molar-refractivity contribution is -0.178. The van der Waals surface area contributed by atoms with Gasteiger partial charge in [0.25, 0.3) is 0 Å². The van der Waals surface area contributed by atoms with Gasteiger partial charge in [-0.25, -0.2) is 14.4 Å². The van der Waals surface area contributed by atoms with E-state index < -0.39 is 34.1 Å². The molecule has 84 heavy (non-hydrogen) atoms. The fourth-order valence-corrected chi connectivity index (χ4v) is 8.93. The topological polar surface area (TPSA) is 195 Å². The standard InChI is InChI=1S/C66H101N3O15/c1-17-67(52-29-23-49(24-30-52)59(73)76-20-4)41-35-56(70)65(13,14)80-45-39-62(7,8)82-47-55(84-64(11,12)38-44-79-58(72)37-43-69(19-3)54-33-27-51(28-34-54)61(75)78-22-6)48-83-63(9,10)40-46-81-66(15,16)57(71)36-42-68(18-2)53-31-25-50(26-32-53)60(74)77-21-5/h23-34,55H,17-22,35-48H2,1-16H3. The minimum absolute atomic E-state index is 0.0391. The smallest absolute Gasteiger partial charge is 0.338 e. The lowest BCUT2D eigenvalue weighted by Crippen LogP contribution is -2.43. The summed E-state index contributed by atoms with van der Waals surface area (Å²) >= 11 is 0. The van der Waals surface area contributed by atoms with Crippen molar-refractivity contribution in [1.82, 2.24) is 0 Å². The number of carbonyl (C=O) groups is 6. The maximum absolute atomic E-state index is 13.6. The van der Waals surface area contributed by atoms with Crippen LogP contribution < -0.4 is 14.7 Å². The molecule has 0 amide bonds. The van der Waals surface area contributed by atoms with E-state index in [-0.39, 0.29) is 87.7 Å². The fraction of sp³-hybridized carbons (Fsp3) is 0.636. The Kier molecular flexibility index (Phi) is 30.0. The van der Waals surface area contributed by atoms with Crippen LogP contribution in [-0.4, -0.2) is 162 Å². The minimum atomic E-state index is -1.06. The number of benzene rings is 3. The Morgan fingerprint density at radius 2 is 0.702 bits per heavy atom. The van der Waals surface area contributed by atoms with Crippen LogP contribution in [-0.2, 0) is 57.0 Å². The molecule has 0 aliphatic heterocycles. The Balaban J connectivity index is 1.63. The Hall–Kier alpha value is -5.92. The zero-order valence-electron chi connectivity index (χ0n) is 53.6. The van der Waals surface area contributed by atoms with E-state index in [1.54, 1.807) is 84.9 Å². The first-order valence-electron chi connectivity index (χ1n) is 30.1. The first-order valence-corrected chi connectivity index (χ1v) is 30.1. The second-order valence-electron chi connectivity index (χ2n) is 23.5. The van der Waals surface area contributed by atoms with Crippen LogP contribution in [0.3, 0.4) is 0 Å². The largest absolute Gasteiger partial charge is 0.466 e. The molecule has 0 saturated carbocycles. The van der Waals surface area contributed by atoms with Crippen LogP contribution in [0.25, 0.3) is 0 Å². The van der Waals surface area contributed by atoms with Crippen molar-refractivity contribution in [2.24, 2.45) is 0 Å². The van der Waals surface area contributed by atoms with E-state index in [1.165, 1.54) is 0 Å². The summed E-state index contributed by atoms with van der Waals surface area (Å²) in [6.45, 7) is 35.4. The van der Waals surface area contributed by atoms with Gasteiger partial charge in [-0.2, -0.15) is 0 Å². The molecular formula is C66H101N3O15. The van der Waals surface area contributed by atoms with Crippen molar-refractivity contribution in [1.29, 1.82) is 0 Å². The van der Waals surface area contributed by atoms with Gasteiger partial charge in [0.05, 0.1) is 92.8 Å². The molecule has 0 bridgehead atoms. The number of hydrogen-bond acceptors (Lipinski definition) is 18. The van der Waals surface area contributed by atoms with Crippen LogP contribution in [0.4, 0.5) is 17.1 Å². The molecule has 18 nitrogen and oxygen atoms in total. The molecule has 0 aliphatic rings. The highest BCUT2D eigenvalue weighted by molar-refractivity contribution is 5.91. The van der Waals surface area contributed by atoms with Crippen LogP contribution in [0, 0.1) is 0 Å². The second kappa shape index (κ2) is 34.9. The molecule has 0 spiro atoms. The van der Waals surface area contributed by atoms with Crippen molar-refractivity contribution >= 4 is 52.5 Å². The molecule has 0 heterocycles. The summed E-state index contributed by atoms with van der Waals surface area (Å²) in [6, 6.07) is 21.5. The highest BCUT2D eigenvalue weighted by atomic mass is 16.6. The van der Waals surface area contributed by atoms with E-state index in [0.29, 0.717) is 95.0 Å². The quantitative estimate of drug-likeness (QED) is 0.0383. The van der Waals surface area contributed by atoms with Gasteiger partial charge in [0, 0.05) is 75.6 Å². The lowest BCUT2D eigenvalue weighted by Gasteiger charge is -2.36. The molecule has 0 aliphatic carbocycles. The van der Waals surface area contributed by atoms with Gasteiger partial charge in [-0.1, -0.05) is 0 Å². The first kappa shape index (κ1) is 72.3. The monoisotopic (exact) mass is 1180 g/mol. The van der Waals surface area contributed by atoms with Gasteiger partial charge in [-0.15, -0.1) is 0 Å². The third kappa shape index (κ3) is 25.3. The van der Waals surface area contributed by atoms with E-state index in [0.717, 1.165) is 17.1 Å². The predicted octanol–water partition coefficient (Wildman–Crippen LogP) is 11.5. The molecule has 0 aromatic heterocycles. The third-order valence-corrected chi connectivity index (χ3v) is 14.6. The number of anilines is 3. The number of rotatable bonds is 42. The zero-order chi connectivity index (χ0) is 62.7. The molecular weight excluding hydrogens is 1070 g/mol. The van der Waals surface area contributed by atoms with E-state index in [2.05, 4.69) is 9.80 Å². The van der Waals surface area contributed by atoms with Crippen molar-refractivity contribution < 1.29 is 71.4 Å². The van der Waals surface area contributed by atoms with Crippen LogP contribution >= 0.6 is 0 Å². The summed E-state index contributed by atoms with van der Waals surface area (Å²) in [6.07, 6.45) is 1.44. The highest BCUT2D eigenvalue weighted by Gasteiger charge is 2.34. The van der Waals surface area contributed by atoms with Crippen molar-refractivity contribution in [3.05, 3.63) is 89.5 Å². The summed E-state index contributed by atoms with van der Waals surface area (Å²) in [5.41, 5.74) is -0.205. The van der Waals surface area contributed by atoms with Gasteiger partial charge < -0.3 is 57.3 Å². The second-order valence-corrected chi connectivity index (χ2v) is 23.5. The molecule has 0 unspecified atom stereocenters. The highest BCUT2D eigenvalue weighted by Crippen LogP contribution is 2.27. The van der Waals surface area contributed by atoms with Crippen LogP contribution in [0.1, 0.15) is 180 Å². The van der Waals surface area contributed by atoms with Gasteiger partial charge in [0.1, 0.15) is 17.3 Å². The molecule has 18 heteroatoms. The normalized spacial score (nSPS) is 12.2. The number of ether oxygens (including phenoxy) is 9. The summed E-state index contributed by atoms with van der Waals surface area (Å²) in [5.74, 6) is -1.55. The molecule has 3 aromatic carbocycles. The maximum Gasteiger partial charge on any atom is 0.338 e. The lowest BCUT2D eigenvalue weighted by atomic mass is 9.99. The van der Waals surface area contributed by atoms with Crippen LogP contribution in [0.2, 0.25) is 0 Å². The Morgan fingerprint density at radius 3 is 1.01 bits per heavy atom. The summed E-state index contributed by atoms with van der Waals surface area (Å²) in [7, 11) is 0. The van der Waals surface area contributed by atoms with Gasteiger partial charge in [0.2, 0.25) is 0 Å². The predicted molar refractivity (Wildman–Crippen MR) is 329 cm³/mol. The van der Waals surface area contributed by atoms with Crippen LogP contribution in [0.15, 0.2) is 72.8 Å². The molecule has 0 radical (unpaired) electrons. The maximum atomic E-state index is 13.6. The average molecular weight is 1180 g/mol. The van der Waals surface area contributed by atoms with Crippen molar-refractivity contribution in [2.75, 3.05) is 107 Å². The fourth-order valence-electron chi connectivity index (χ4n) is 8.93. The molecule has 0 fully saturated rings. The summed E-state index contributed by atoms with van der Waals surface area (Å²) < 4.78 is 53.5. The van der Waals surface area contributed by atoms with Gasteiger partial charge in [0.15, 0.2) is 11.6 Å². The number of esters is 4. The van der Waals surface area contributed by atoms with E-state index >= 15 is 0 Å². The molecule has 3 aromatic rings. The van der Waals surface area contributed by atoms with Crippen molar-refractivity contribution in [3.8, 4) is 0 Å². The van der Waals surface area contributed by atoms with Gasteiger partial charge >= 0.3 is 23.9 Å². The minimum Gasteiger partial charge on any atom is -0.466 e. The molecule has 0 N–H and O–H groups in total. The Bertz CT molecular complexity index is 2370. The molecule has 3 rings (SSSR count). The molecule has 470 valence electrons. The van der Waals surface area contributed by atoms with E-state index in [4.69, 9.17) is 42.6 Å². The van der Waals surface area contributed by atoms with Crippen molar-refractivity contribution in [2.45, 2.75) is 183 Å². The Labute approximate surface area is 501 Å². The van der Waals surface area contributed by atoms with Crippen LogP contribution in [0.5, 0.6) is 0 Å². The Morgan fingerprint density at radius 1 is 0.393 bits per heavy atom. The number of Topliss-reactive ketones (excluding diaryl/α,β-unsaturated/α-hetero) is 2. The number of hydrogen-bond donors (Lipinski definition) is 0. The average Bonchev–Trinajstić information content (AvgIpc) is 3.63. The SMILES string of the molecule is CCOC(=O)c1ccc(N(CC)CCC(=O)OCCC(C)(C)OC(COC(C)(C)CCOC(C)(C)C(=O)CCN(CC)c2ccc(C(=O)OCC)cc2)COC(C)(C)CCOC(C)(C)C(=O)CCN(CC)c2ccc(C(=O)OCC)cc2)cc1.